The van der Waals surface area contributed by atoms with Gasteiger partial charge in [0.15, 0.2) is 0 Å². The van der Waals surface area contributed by atoms with Gasteiger partial charge in [-0.15, -0.1) is 0 Å². The molecule has 5 nitrogen and oxygen atoms in total. The van der Waals surface area contributed by atoms with Crippen LogP contribution >= 0.6 is 0 Å². The van der Waals surface area contributed by atoms with Crippen LogP contribution in [0.1, 0.15) is 68.3 Å². The maximum Gasteiger partial charge on any atom is 0.270 e. The highest BCUT2D eigenvalue weighted by molar-refractivity contribution is 5.92. The second-order valence-corrected chi connectivity index (χ2v) is 6.45. The van der Waals surface area contributed by atoms with Gasteiger partial charge < -0.3 is 10.2 Å². The first kappa shape index (κ1) is 15.3. The van der Waals surface area contributed by atoms with Crippen molar-refractivity contribution in [1.29, 1.82) is 0 Å². The predicted octanol–water partition coefficient (Wildman–Crippen LogP) is 2.92. The molecule has 1 aliphatic carbocycles. The molecule has 1 N–H and O–H groups in total. The topological polar surface area (TPSA) is 58.1 Å². The number of hydrogen-bond acceptors (Lipinski definition) is 4. The van der Waals surface area contributed by atoms with Crippen LogP contribution < -0.4 is 10.2 Å². The molecule has 22 heavy (non-hydrogen) atoms. The van der Waals surface area contributed by atoms with Gasteiger partial charge in [0.1, 0.15) is 5.69 Å². The highest BCUT2D eigenvalue weighted by atomic mass is 16.1. The third kappa shape index (κ3) is 3.96. The van der Waals surface area contributed by atoms with Crippen LogP contribution in [0.2, 0.25) is 0 Å². The molecule has 1 saturated carbocycles. The van der Waals surface area contributed by atoms with Crippen LogP contribution in [0.25, 0.3) is 0 Å². The van der Waals surface area contributed by atoms with E-state index in [2.05, 4.69) is 20.2 Å². The Morgan fingerprint density at radius 1 is 1.05 bits per heavy atom. The molecule has 0 unspecified atom stereocenters. The van der Waals surface area contributed by atoms with Gasteiger partial charge in [-0.2, -0.15) is 0 Å². The van der Waals surface area contributed by atoms with Gasteiger partial charge in [0.2, 0.25) is 5.95 Å². The van der Waals surface area contributed by atoms with Crippen LogP contribution in [0.4, 0.5) is 5.95 Å². The molecule has 1 saturated heterocycles. The minimum Gasteiger partial charge on any atom is -0.348 e. The zero-order valence-corrected chi connectivity index (χ0v) is 13.3. The Morgan fingerprint density at radius 3 is 2.45 bits per heavy atom. The summed E-state index contributed by atoms with van der Waals surface area (Å²) in [7, 11) is 0. The third-order valence-corrected chi connectivity index (χ3v) is 4.70. The van der Waals surface area contributed by atoms with Crippen molar-refractivity contribution in [2.75, 3.05) is 18.0 Å². The van der Waals surface area contributed by atoms with Gasteiger partial charge in [-0.1, -0.05) is 25.7 Å². The highest BCUT2D eigenvalue weighted by Gasteiger charge is 2.19. The molecule has 1 aromatic heterocycles. The van der Waals surface area contributed by atoms with Gasteiger partial charge in [-0.05, 0) is 38.2 Å². The van der Waals surface area contributed by atoms with Gasteiger partial charge in [0, 0.05) is 25.3 Å². The Labute approximate surface area is 132 Å². The highest BCUT2D eigenvalue weighted by Crippen LogP contribution is 2.18. The fraction of sp³-hybridized carbons (Fsp3) is 0.706. The van der Waals surface area contributed by atoms with E-state index in [1.54, 1.807) is 12.3 Å². The van der Waals surface area contributed by atoms with Crippen LogP contribution in [0.3, 0.4) is 0 Å². The smallest absolute Gasteiger partial charge is 0.270 e. The molecule has 0 radical (unpaired) electrons. The monoisotopic (exact) mass is 302 g/mol. The van der Waals surface area contributed by atoms with Crippen molar-refractivity contribution in [3.63, 3.8) is 0 Å². The number of anilines is 1. The van der Waals surface area contributed by atoms with E-state index in [1.165, 1.54) is 44.9 Å². The lowest BCUT2D eigenvalue weighted by molar-refractivity contribution is 0.0928. The number of piperidine rings is 1. The summed E-state index contributed by atoms with van der Waals surface area (Å²) in [5, 5.41) is 3.16. The first-order chi connectivity index (χ1) is 10.8. The van der Waals surface area contributed by atoms with E-state index in [4.69, 9.17) is 0 Å². The first-order valence-electron chi connectivity index (χ1n) is 8.72. The molecular weight excluding hydrogens is 276 g/mol. The van der Waals surface area contributed by atoms with Crippen LogP contribution in [0.15, 0.2) is 12.3 Å². The van der Waals surface area contributed by atoms with E-state index < -0.39 is 0 Å². The van der Waals surface area contributed by atoms with Gasteiger partial charge in [-0.3, -0.25) is 4.79 Å². The molecule has 3 rings (SSSR count). The summed E-state index contributed by atoms with van der Waals surface area (Å²) < 4.78 is 0. The van der Waals surface area contributed by atoms with Gasteiger partial charge in [0.05, 0.1) is 0 Å². The SMILES string of the molecule is O=C(NC1CCCCCC1)c1ccnc(N2CCCCC2)n1. The summed E-state index contributed by atoms with van der Waals surface area (Å²) in [6, 6.07) is 2.03. The zero-order valence-electron chi connectivity index (χ0n) is 13.3. The zero-order chi connectivity index (χ0) is 15.2. The van der Waals surface area contributed by atoms with Crippen molar-refractivity contribution >= 4 is 11.9 Å². The van der Waals surface area contributed by atoms with Crippen molar-refractivity contribution in [3.8, 4) is 0 Å². The van der Waals surface area contributed by atoms with Gasteiger partial charge in [-0.25, -0.2) is 9.97 Å². The normalized spacial score (nSPS) is 20.5. The van der Waals surface area contributed by atoms with Gasteiger partial charge in [0.25, 0.3) is 5.91 Å². The van der Waals surface area contributed by atoms with Crippen molar-refractivity contribution in [2.24, 2.45) is 0 Å². The number of hydrogen-bond donors (Lipinski definition) is 1. The number of nitrogens with one attached hydrogen (secondary N) is 1. The Morgan fingerprint density at radius 2 is 1.73 bits per heavy atom. The molecule has 5 heteroatoms. The maximum absolute atomic E-state index is 12.4. The van der Waals surface area contributed by atoms with Gasteiger partial charge >= 0.3 is 0 Å². The summed E-state index contributed by atoms with van der Waals surface area (Å²) in [5.74, 6) is 0.653. The number of rotatable bonds is 3. The second-order valence-electron chi connectivity index (χ2n) is 6.45. The molecule has 2 heterocycles. The minimum absolute atomic E-state index is 0.0486. The summed E-state index contributed by atoms with van der Waals surface area (Å²) >= 11 is 0. The predicted molar refractivity (Wildman–Crippen MR) is 87.1 cm³/mol. The van der Waals surface area contributed by atoms with E-state index in [1.807, 2.05) is 0 Å². The molecule has 2 aliphatic rings. The molecule has 0 spiro atoms. The summed E-state index contributed by atoms with van der Waals surface area (Å²) in [5.41, 5.74) is 0.500. The summed E-state index contributed by atoms with van der Waals surface area (Å²) in [6.45, 7) is 1.99. The molecule has 120 valence electrons. The molecule has 0 bridgehead atoms. The van der Waals surface area contributed by atoms with Crippen LogP contribution in [0, 0.1) is 0 Å². The number of nitrogens with zero attached hydrogens (tertiary/aromatic N) is 3. The first-order valence-corrected chi connectivity index (χ1v) is 8.72. The summed E-state index contributed by atoms with van der Waals surface area (Å²) in [6.07, 6.45) is 12.5. The quantitative estimate of drug-likeness (QED) is 0.872. The van der Waals surface area contributed by atoms with E-state index >= 15 is 0 Å². The number of carbonyl (C=O) groups excluding carboxylic acids is 1. The summed E-state index contributed by atoms with van der Waals surface area (Å²) in [4.78, 5) is 23.5. The number of carbonyl (C=O) groups is 1. The lowest BCUT2D eigenvalue weighted by Crippen LogP contribution is -2.36. The van der Waals surface area contributed by atoms with E-state index in [0.29, 0.717) is 17.7 Å². The molecule has 1 aliphatic heterocycles. The molecule has 1 aromatic rings. The third-order valence-electron chi connectivity index (χ3n) is 4.70. The van der Waals surface area contributed by atoms with E-state index in [0.717, 1.165) is 25.9 Å². The molecule has 1 amide bonds. The largest absolute Gasteiger partial charge is 0.348 e. The fourth-order valence-electron chi connectivity index (χ4n) is 3.40. The minimum atomic E-state index is -0.0486. The van der Waals surface area contributed by atoms with E-state index in [9.17, 15) is 4.79 Å². The molecule has 0 atom stereocenters. The van der Waals surface area contributed by atoms with Crippen molar-refractivity contribution in [3.05, 3.63) is 18.0 Å². The number of amides is 1. The second kappa shape index (κ2) is 7.56. The molecule has 0 aromatic carbocycles. The average Bonchev–Trinajstić information content (AvgIpc) is 2.84. The fourth-order valence-corrected chi connectivity index (χ4v) is 3.40. The Kier molecular flexibility index (Phi) is 5.24. The molecule has 2 fully saturated rings. The van der Waals surface area contributed by atoms with Crippen molar-refractivity contribution in [2.45, 2.75) is 63.8 Å². The lowest BCUT2D eigenvalue weighted by atomic mass is 10.1. The van der Waals surface area contributed by atoms with Crippen LogP contribution in [-0.2, 0) is 0 Å². The average molecular weight is 302 g/mol. The van der Waals surface area contributed by atoms with Crippen molar-refractivity contribution in [1.82, 2.24) is 15.3 Å². The standard InChI is InChI=1S/C17H26N4O/c22-16(19-14-8-4-1-2-5-9-14)15-10-11-18-17(20-15)21-12-6-3-7-13-21/h10-11,14H,1-9,12-13H2,(H,19,22). The maximum atomic E-state index is 12.4. The Balaban J connectivity index is 1.64. The van der Waals surface area contributed by atoms with Crippen LogP contribution in [0.5, 0.6) is 0 Å². The van der Waals surface area contributed by atoms with Crippen LogP contribution in [-0.4, -0.2) is 35.0 Å². The van der Waals surface area contributed by atoms with Crippen molar-refractivity contribution < 1.29 is 4.79 Å². The molecular formula is C17H26N4O. The number of aromatic nitrogens is 2. The van der Waals surface area contributed by atoms with E-state index in [-0.39, 0.29) is 5.91 Å². The Bertz CT molecular complexity index is 491. The Hall–Kier alpha value is -1.65. The lowest BCUT2D eigenvalue weighted by Gasteiger charge is -2.26.